The highest BCUT2D eigenvalue weighted by Gasteiger charge is 2.15. The van der Waals surface area contributed by atoms with Gasteiger partial charge in [-0.1, -0.05) is 84.0 Å². The van der Waals surface area contributed by atoms with Crippen LogP contribution in [0.5, 0.6) is 0 Å². The first kappa shape index (κ1) is 22.7. The van der Waals surface area contributed by atoms with Gasteiger partial charge in [-0.2, -0.15) is 0 Å². The van der Waals surface area contributed by atoms with Crippen LogP contribution in [0, 0.1) is 0 Å². The summed E-state index contributed by atoms with van der Waals surface area (Å²) in [5.41, 5.74) is 0.00649. The lowest BCUT2D eigenvalue weighted by molar-refractivity contribution is -0.136. The molecule has 0 spiro atoms. The minimum Gasteiger partial charge on any atom is -0.478 e. The smallest absolute Gasteiger partial charge is 0.332 e. The number of unbranched alkanes of at least 4 members (excludes halogenated alkanes) is 12. The second kappa shape index (κ2) is 15.2. The van der Waals surface area contributed by atoms with Crippen molar-refractivity contribution in [3.05, 3.63) is 11.1 Å². The van der Waals surface area contributed by atoms with Crippen LogP contribution in [0.25, 0.3) is 0 Å². The van der Waals surface area contributed by atoms with Gasteiger partial charge >= 0.3 is 11.9 Å². The van der Waals surface area contributed by atoms with E-state index in [-0.39, 0.29) is 11.1 Å². The molecule has 0 aliphatic heterocycles. The lowest BCUT2D eigenvalue weighted by atomic mass is 10.0. The molecule has 0 radical (unpaired) electrons. The Balaban J connectivity index is 3.55. The molecule has 140 valence electrons. The molecule has 2 N–H and O–H groups in total. The minimum atomic E-state index is -1.14. The monoisotopic (exact) mass is 340 g/mol. The molecule has 0 bridgehead atoms. The molecule has 0 aromatic carbocycles. The van der Waals surface area contributed by atoms with Crippen LogP contribution in [0.3, 0.4) is 0 Å². The average Bonchev–Trinajstić information content (AvgIpc) is 2.54. The second-order valence-corrected chi connectivity index (χ2v) is 6.71. The minimum absolute atomic E-state index is 0.0403. The highest BCUT2D eigenvalue weighted by molar-refractivity contribution is 5.98. The molecule has 0 heterocycles. The lowest BCUT2D eigenvalue weighted by Gasteiger charge is -2.06. The van der Waals surface area contributed by atoms with E-state index in [2.05, 4.69) is 6.92 Å². The number of carboxylic acid groups (broad SMARTS) is 2. The van der Waals surface area contributed by atoms with Crippen LogP contribution >= 0.6 is 0 Å². The van der Waals surface area contributed by atoms with Gasteiger partial charge in [0.05, 0.1) is 0 Å². The third kappa shape index (κ3) is 12.1. The molecule has 4 heteroatoms. The summed E-state index contributed by atoms with van der Waals surface area (Å²) >= 11 is 0. The number of rotatable bonds is 16. The fourth-order valence-corrected chi connectivity index (χ4v) is 2.90. The molecule has 4 nitrogen and oxygen atoms in total. The highest BCUT2D eigenvalue weighted by atomic mass is 16.4. The van der Waals surface area contributed by atoms with E-state index in [9.17, 15) is 9.59 Å². The molecule has 0 fully saturated rings. The Labute approximate surface area is 147 Å². The van der Waals surface area contributed by atoms with Crippen LogP contribution in [-0.4, -0.2) is 22.2 Å². The molecular weight excluding hydrogens is 304 g/mol. The summed E-state index contributed by atoms with van der Waals surface area (Å²) in [5.74, 6) is -2.24. The Morgan fingerprint density at radius 3 is 1.33 bits per heavy atom. The Morgan fingerprint density at radius 1 is 0.625 bits per heavy atom. The fourth-order valence-electron chi connectivity index (χ4n) is 2.90. The van der Waals surface area contributed by atoms with Gasteiger partial charge in [-0.05, 0) is 19.8 Å². The van der Waals surface area contributed by atoms with Crippen molar-refractivity contribution >= 4 is 11.9 Å². The largest absolute Gasteiger partial charge is 0.478 e. The Bertz CT molecular complexity index is 385. The van der Waals surface area contributed by atoms with Crippen molar-refractivity contribution in [2.24, 2.45) is 0 Å². The standard InChI is InChI=1S/C20H36O4/c1-3-4-5-6-7-8-9-10-11-12-13-14-15-16-18(20(23)24)17(2)19(21)22/h3-16H2,1-2H3,(H,21,22)(H,23,24)/b18-17-. The normalized spacial score (nSPS) is 12.1. The zero-order valence-electron chi connectivity index (χ0n) is 15.6. The number of hydrogen-bond donors (Lipinski definition) is 2. The Morgan fingerprint density at radius 2 is 1.00 bits per heavy atom. The Hall–Kier alpha value is -1.32. The summed E-state index contributed by atoms with van der Waals surface area (Å²) in [7, 11) is 0. The average molecular weight is 341 g/mol. The van der Waals surface area contributed by atoms with E-state index in [1.807, 2.05) is 0 Å². The van der Waals surface area contributed by atoms with Crippen LogP contribution in [0.2, 0.25) is 0 Å². The molecule has 0 aromatic rings. The zero-order chi connectivity index (χ0) is 18.2. The van der Waals surface area contributed by atoms with Crippen molar-refractivity contribution in [1.29, 1.82) is 0 Å². The van der Waals surface area contributed by atoms with Gasteiger partial charge in [-0.15, -0.1) is 0 Å². The van der Waals surface area contributed by atoms with Gasteiger partial charge in [0.2, 0.25) is 0 Å². The van der Waals surface area contributed by atoms with Gasteiger partial charge < -0.3 is 10.2 Å². The predicted molar refractivity (Wildman–Crippen MR) is 98.3 cm³/mol. The molecule has 24 heavy (non-hydrogen) atoms. The predicted octanol–water partition coefficient (Wildman–Crippen LogP) is 5.95. The summed E-state index contributed by atoms with van der Waals surface area (Å²) in [6, 6.07) is 0. The quantitative estimate of drug-likeness (QED) is 0.269. The second-order valence-electron chi connectivity index (χ2n) is 6.71. The van der Waals surface area contributed by atoms with Gasteiger partial charge in [0.1, 0.15) is 0 Å². The van der Waals surface area contributed by atoms with E-state index in [1.165, 1.54) is 71.1 Å². The van der Waals surface area contributed by atoms with E-state index in [1.54, 1.807) is 0 Å². The number of carbonyl (C=O) groups is 2. The molecular formula is C20H36O4. The highest BCUT2D eigenvalue weighted by Crippen LogP contribution is 2.17. The van der Waals surface area contributed by atoms with Crippen molar-refractivity contribution in [2.45, 2.75) is 104 Å². The summed E-state index contributed by atoms with van der Waals surface area (Å²) in [5, 5.41) is 17.9. The van der Waals surface area contributed by atoms with Crippen molar-refractivity contribution < 1.29 is 19.8 Å². The summed E-state index contributed by atoms with van der Waals surface area (Å²) in [4.78, 5) is 21.9. The molecule has 0 aromatic heterocycles. The molecule has 0 atom stereocenters. The summed E-state index contributed by atoms with van der Waals surface area (Å²) in [6.45, 7) is 3.61. The van der Waals surface area contributed by atoms with E-state index in [0.717, 1.165) is 19.3 Å². The molecule has 0 rings (SSSR count). The third-order valence-corrected chi connectivity index (χ3v) is 4.56. The third-order valence-electron chi connectivity index (χ3n) is 4.56. The molecule has 0 amide bonds. The SMILES string of the molecule is CCCCCCCCCCCCCCC/C(C(=O)O)=C(\C)C(=O)O. The Kier molecular flexibility index (Phi) is 14.4. The van der Waals surface area contributed by atoms with Gasteiger partial charge in [-0.25, -0.2) is 9.59 Å². The van der Waals surface area contributed by atoms with E-state index < -0.39 is 11.9 Å². The van der Waals surface area contributed by atoms with Crippen LogP contribution in [0.1, 0.15) is 104 Å². The van der Waals surface area contributed by atoms with Crippen molar-refractivity contribution in [2.75, 3.05) is 0 Å². The molecule has 0 aliphatic carbocycles. The van der Waals surface area contributed by atoms with Crippen molar-refractivity contribution in [1.82, 2.24) is 0 Å². The zero-order valence-corrected chi connectivity index (χ0v) is 15.6. The van der Waals surface area contributed by atoms with Crippen LogP contribution in [0.4, 0.5) is 0 Å². The molecule has 0 aliphatic rings. The fraction of sp³-hybridized carbons (Fsp3) is 0.800. The van der Waals surface area contributed by atoms with Gasteiger partial charge in [-0.3, -0.25) is 0 Å². The number of hydrogen-bond acceptors (Lipinski definition) is 2. The first-order chi connectivity index (χ1) is 11.5. The first-order valence-corrected chi connectivity index (χ1v) is 9.67. The topological polar surface area (TPSA) is 74.6 Å². The maximum absolute atomic E-state index is 11.1. The van der Waals surface area contributed by atoms with Crippen LogP contribution < -0.4 is 0 Å². The molecule has 0 saturated heterocycles. The van der Waals surface area contributed by atoms with E-state index in [4.69, 9.17) is 10.2 Å². The van der Waals surface area contributed by atoms with E-state index in [0.29, 0.717) is 6.42 Å². The van der Waals surface area contributed by atoms with Gasteiger partial charge in [0.25, 0.3) is 0 Å². The van der Waals surface area contributed by atoms with Crippen LogP contribution in [-0.2, 0) is 9.59 Å². The van der Waals surface area contributed by atoms with Gasteiger partial charge in [0, 0.05) is 11.1 Å². The summed E-state index contributed by atoms with van der Waals surface area (Å²) < 4.78 is 0. The number of aliphatic carboxylic acids is 2. The summed E-state index contributed by atoms with van der Waals surface area (Å²) in [6.07, 6.45) is 16.4. The lowest BCUT2D eigenvalue weighted by Crippen LogP contribution is -2.09. The maximum atomic E-state index is 11.1. The molecule has 0 unspecified atom stereocenters. The van der Waals surface area contributed by atoms with Crippen molar-refractivity contribution in [3.8, 4) is 0 Å². The van der Waals surface area contributed by atoms with Crippen molar-refractivity contribution in [3.63, 3.8) is 0 Å². The number of carboxylic acids is 2. The maximum Gasteiger partial charge on any atom is 0.332 e. The van der Waals surface area contributed by atoms with E-state index >= 15 is 0 Å². The first-order valence-electron chi connectivity index (χ1n) is 9.67. The molecule has 0 saturated carbocycles. The van der Waals surface area contributed by atoms with Gasteiger partial charge in [0.15, 0.2) is 0 Å². The van der Waals surface area contributed by atoms with Crippen LogP contribution in [0.15, 0.2) is 11.1 Å².